The fourth-order valence-electron chi connectivity index (χ4n) is 2.65. The zero-order chi connectivity index (χ0) is 15.2. The van der Waals surface area contributed by atoms with Gasteiger partial charge in [-0.15, -0.1) is 0 Å². The topological polar surface area (TPSA) is 88.2 Å². The summed E-state index contributed by atoms with van der Waals surface area (Å²) in [6, 6.07) is 9.45. The number of carbonyl (C=O) groups is 1. The first-order valence-corrected chi connectivity index (χ1v) is 7.01. The second-order valence-electron chi connectivity index (χ2n) is 5.15. The molecule has 1 heterocycles. The highest BCUT2D eigenvalue weighted by Gasteiger charge is 2.30. The predicted octanol–water partition coefficient (Wildman–Crippen LogP) is 1.36. The number of benzene rings is 1. The monoisotopic (exact) mass is 291 g/mol. The largest absolute Gasteiger partial charge is 0.409 e. The number of nitrogens with zero attached hydrogens (tertiary/aromatic N) is 2. The van der Waals surface area contributed by atoms with Gasteiger partial charge in [0.2, 0.25) is 0 Å². The van der Waals surface area contributed by atoms with Crippen molar-refractivity contribution in [3.8, 4) is 0 Å². The first-order valence-electron chi connectivity index (χ1n) is 7.01. The van der Waals surface area contributed by atoms with Crippen molar-refractivity contribution in [3.05, 3.63) is 35.9 Å². The van der Waals surface area contributed by atoms with E-state index in [1.54, 1.807) is 12.0 Å². The number of oxime groups is 1. The molecule has 114 valence electrons. The number of hydrogen-bond acceptors (Lipinski definition) is 4. The molecule has 0 aromatic heterocycles. The molecule has 0 radical (unpaired) electrons. The normalized spacial score (nSPS) is 18.5. The van der Waals surface area contributed by atoms with Crippen molar-refractivity contribution >= 4 is 11.7 Å². The van der Waals surface area contributed by atoms with Crippen molar-refractivity contribution in [2.75, 3.05) is 20.2 Å². The maximum Gasteiger partial charge on any atom is 0.256 e. The third-order valence-corrected chi connectivity index (χ3v) is 3.90. The van der Waals surface area contributed by atoms with Crippen LogP contribution in [-0.4, -0.2) is 42.0 Å². The van der Waals surface area contributed by atoms with Gasteiger partial charge in [-0.05, 0) is 18.4 Å². The average molecular weight is 291 g/mol. The minimum Gasteiger partial charge on any atom is -0.409 e. The molecular weight excluding hydrogens is 270 g/mol. The van der Waals surface area contributed by atoms with E-state index in [-0.39, 0.29) is 17.7 Å². The van der Waals surface area contributed by atoms with Gasteiger partial charge in [0.25, 0.3) is 5.91 Å². The zero-order valence-corrected chi connectivity index (χ0v) is 12.1. The van der Waals surface area contributed by atoms with Crippen LogP contribution in [0.3, 0.4) is 0 Å². The third kappa shape index (κ3) is 3.52. The van der Waals surface area contributed by atoms with Crippen molar-refractivity contribution in [2.24, 2.45) is 16.8 Å². The first-order chi connectivity index (χ1) is 10.2. The van der Waals surface area contributed by atoms with E-state index in [4.69, 9.17) is 15.7 Å². The van der Waals surface area contributed by atoms with Gasteiger partial charge in [-0.3, -0.25) is 4.79 Å². The first kappa shape index (κ1) is 15.3. The predicted molar refractivity (Wildman–Crippen MR) is 78.9 cm³/mol. The van der Waals surface area contributed by atoms with Crippen LogP contribution in [0.15, 0.2) is 35.5 Å². The fourth-order valence-corrected chi connectivity index (χ4v) is 2.65. The highest BCUT2D eigenvalue weighted by atomic mass is 16.5. The molecule has 3 N–H and O–H groups in total. The molecular formula is C15H21N3O3. The summed E-state index contributed by atoms with van der Waals surface area (Å²) in [4.78, 5) is 14.3. The Labute approximate surface area is 124 Å². The van der Waals surface area contributed by atoms with E-state index < -0.39 is 6.10 Å². The molecule has 0 saturated carbocycles. The summed E-state index contributed by atoms with van der Waals surface area (Å²) in [5.41, 5.74) is 6.47. The SMILES string of the molecule is COC(C(=O)N1CCC(C(N)=NO)CC1)c1ccccc1. The minimum absolute atomic E-state index is 0.0387. The van der Waals surface area contributed by atoms with Crippen LogP contribution in [-0.2, 0) is 9.53 Å². The summed E-state index contributed by atoms with van der Waals surface area (Å²) in [7, 11) is 1.54. The van der Waals surface area contributed by atoms with E-state index in [1.807, 2.05) is 30.3 Å². The number of carbonyl (C=O) groups excluding carboxylic acids is 1. The summed E-state index contributed by atoms with van der Waals surface area (Å²) in [5, 5.41) is 11.7. The molecule has 21 heavy (non-hydrogen) atoms. The van der Waals surface area contributed by atoms with Gasteiger partial charge in [-0.1, -0.05) is 35.5 Å². The number of hydrogen-bond donors (Lipinski definition) is 2. The van der Waals surface area contributed by atoms with Crippen LogP contribution in [0.2, 0.25) is 0 Å². The Bertz CT molecular complexity index is 496. The maximum atomic E-state index is 12.6. The molecule has 1 atom stereocenters. The quantitative estimate of drug-likeness (QED) is 0.379. The van der Waals surface area contributed by atoms with E-state index in [2.05, 4.69) is 5.16 Å². The van der Waals surface area contributed by atoms with Crippen molar-refractivity contribution in [1.82, 2.24) is 4.90 Å². The lowest BCUT2D eigenvalue weighted by atomic mass is 9.95. The van der Waals surface area contributed by atoms with Crippen LogP contribution >= 0.6 is 0 Å². The number of rotatable bonds is 4. The van der Waals surface area contributed by atoms with Crippen LogP contribution in [0.5, 0.6) is 0 Å². The van der Waals surface area contributed by atoms with Crippen LogP contribution in [0, 0.1) is 5.92 Å². The number of amides is 1. The van der Waals surface area contributed by atoms with E-state index in [0.29, 0.717) is 25.9 Å². The molecule has 0 aliphatic carbocycles. The standard InChI is InChI=1S/C15H21N3O3/c1-21-13(11-5-3-2-4-6-11)15(19)18-9-7-12(8-10-18)14(16)17-20/h2-6,12-13,20H,7-10H2,1H3,(H2,16,17). The number of nitrogens with two attached hydrogens (primary N) is 1. The highest BCUT2D eigenvalue weighted by Crippen LogP contribution is 2.23. The molecule has 1 aliphatic rings. The Morgan fingerprint density at radius 2 is 2.00 bits per heavy atom. The van der Waals surface area contributed by atoms with Gasteiger partial charge in [-0.25, -0.2) is 0 Å². The number of piperidine rings is 1. The van der Waals surface area contributed by atoms with Crippen LogP contribution in [0.25, 0.3) is 0 Å². The molecule has 1 aromatic rings. The number of amidine groups is 1. The van der Waals surface area contributed by atoms with Gasteiger partial charge < -0.3 is 20.6 Å². The average Bonchev–Trinajstić information content (AvgIpc) is 2.56. The molecule has 6 nitrogen and oxygen atoms in total. The molecule has 6 heteroatoms. The summed E-state index contributed by atoms with van der Waals surface area (Å²) < 4.78 is 5.37. The van der Waals surface area contributed by atoms with Crippen molar-refractivity contribution < 1.29 is 14.7 Å². The lowest BCUT2D eigenvalue weighted by Gasteiger charge is -2.33. The van der Waals surface area contributed by atoms with Crippen molar-refractivity contribution in [1.29, 1.82) is 0 Å². The third-order valence-electron chi connectivity index (χ3n) is 3.90. The number of methoxy groups -OCH3 is 1. The molecule has 1 fully saturated rings. The molecule has 0 spiro atoms. The van der Waals surface area contributed by atoms with E-state index in [9.17, 15) is 4.79 Å². The minimum atomic E-state index is -0.577. The van der Waals surface area contributed by atoms with Gasteiger partial charge >= 0.3 is 0 Å². The van der Waals surface area contributed by atoms with E-state index >= 15 is 0 Å². The molecule has 2 rings (SSSR count). The summed E-state index contributed by atoms with van der Waals surface area (Å²) in [6.07, 6.45) is 0.825. The second-order valence-corrected chi connectivity index (χ2v) is 5.15. The number of ether oxygens (including phenoxy) is 1. The van der Waals surface area contributed by atoms with Crippen LogP contribution in [0.1, 0.15) is 24.5 Å². The van der Waals surface area contributed by atoms with E-state index in [1.165, 1.54) is 0 Å². The molecule has 1 saturated heterocycles. The summed E-state index contributed by atoms with van der Waals surface area (Å²) in [5.74, 6) is 0.242. The Kier molecular flexibility index (Phi) is 5.16. The lowest BCUT2D eigenvalue weighted by molar-refractivity contribution is -0.143. The lowest BCUT2D eigenvalue weighted by Crippen LogP contribution is -2.44. The van der Waals surface area contributed by atoms with Gasteiger partial charge in [0.15, 0.2) is 6.10 Å². The van der Waals surface area contributed by atoms with E-state index in [0.717, 1.165) is 5.56 Å². The van der Waals surface area contributed by atoms with Crippen molar-refractivity contribution in [3.63, 3.8) is 0 Å². The second kappa shape index (κ2) is 7.08. The Hall–Kier alpha value is -2.08. The molecule has 1 unspecified atom stereocenters. The number of likely N-dealkylation sites (tertiary alicyclic amines) is 1. The molecule has 1 aliphatic heterocycles. The Morgan fingerprint density at radius 1 is 1.38 bits per heavy atom. The van der Waals surface area contributed by atoms with Crippen LogP contribution < -0.4 is 5.73 Å². The fraction of sp³-hybridized carbons (Fsp3) is 0.467. The smallest absolute Gasteiger partial charge is 0.256 e. The molecule has 1 aromatic carbocycles. The van der Waals surface area contributed by atoms with Crippen molar-refractivity contribution in [2.45, 2.75) is 18.9 Å². The van der Waals surface area contributed by atoms with Crippen LogP contribution in [0.4, 0.5) is 0 Å². The molecule has 1 amide bonds. The molecule has 0 bridgehead atoms. The zero-order valence-electron chi connectivity index (χ0n) is 12.1. The maximum absolute atomic E-state index is 12.6. The van der Waals surface area contributed by atoms with Gasteiger partial charge in [-0.2, -0.15) is 0 Å². The van der Waals surface area contributed by atoms with Gasteiger partial charge in [0.1, 0.15) is 5.84 Å². The summed E-state index contributed by atoms with van der Waals surface area (Å²) in [6.45, 7) is 1.18. The Morgan fingerprint density at radius 3 is 2.52 bits per heavy atom. The Balaban J connectivity index is 2.01. The summed E-state index contributed by atoms with van der Waals surface area (Å²) >= 11 is 0. The van der Waals surface area contributed by atoms with Gasteiger partial charge in [0, 0.05) is 26.1 Å². The van der Waals surface area contributed by atoms with Gasteiger partial charge in [0.05, 0.1) is 0 Å². The highest BCUT2D eigenvalue weighted by molar-refractivity contribution is 5.84.